The molecule has 2 aromatic rings. The van der Waals surface area contributed by atoms with Crippen molar-refractivity contribution in [3.8, 4) is 0 Å². The van der Waals surface area contributed by atoms with E-state index >= 15 is 0 Å². The van der Waals surface area contributed by atoms with Gasteiger partial charge in [-0.3, -0.25) is 4.79 Å². The van der Waals surface area contributed by atoms with E-state index < -0.39 is 0 Å². The van der Waals surface area contributed by atoms with E-state index in [1.165, 1.54) is 12.1 Å². The van der Waals surface area contributed by atoms with Crippen molar-refractivity contribution >= 4 is 11.7 Å². The van der Waals surface area contributed by atoms with Crippen molar-refractivity contribution in [3.63, 3.8) is 0 Å². The number of carbonyl (C=O) groups is 1. The fourth-order valence-corrected chi connectivity index (χ4v) is 3.96. The largest absolute Gasteiger partial charge is 0.353 e. The minimum absolute atomic E-state index is 0.231. The second-order valence-corrected chi connectivity index (χ2v) is 8.88. The molecule has 0 radical (unpaired) electrons. The van der Waals surface area contributed by atoms with Crippen LogP contribution in [0.15, 0.2) is 24.3 Å². The van der Waals surface area contributed by atoms with Gasteiger partial charge in [-0.25, -0.2) is 14.4 Å². The van der Waals surface area contributed by atoms with Gasteiger partial charge >= 0.3 is 0 Å². The van der Waals surface area contributed by atoms with Crippen molar-refractivity contribution in [3.05, 3.63) is 52.7 Å². The summed E-state index contributed by atoms with van der Waals surface area (Å²) >= 11 is 0. The number of rotatable bonds is 6. The number of hydrogen-bond donors (Lipinski definition) is 0. The Morgan fingerprint density at radius 2 is 1.67 bits per heavy atom. The molecule has 1 saturated heterocycles. The molecule has 0 saturated carbocycles. The molecule has 2 heterocycles. The highest BCUT2D eigenvalue weighted by atomic mass is 19.1. The van der Waals surface area contributed by atoms with Crippen LogP contribution in [0.3, 0.4) is 0 Å². The lowest BCUT2D eigenvalue weighted by Gasteiger charge is -2.37. The van der Waals surface area contributed by atoms with Crippen LogP contribution in [-0.2, 0) is 11.2 Å². The van der Waals surface area contributed by atoms with E-state index in [-0.39, 0.29) is 17.6 Å². The molecular formula is C24H33FN4O. The van der Waals surface area contributed by atoms with Crippen molar-refractivity contribution in [1.29, 1.82) is 0 Å². The lowest BCUT2D eigenvalue weighted by atomic mass is 9.97. The molecule has 1 aliphatic heterocycles. The molecule has 0 bridgehead atoms. The number of aromatic nitrogens is 2. The van der Waals surface area contributed by atoms with Gasteiger partial charge in [0.05, 0.1) is 5.69 Å². The third kappa shape index (κ3) is 5.35. The third-order valence-electron chi connectivity index (χ3n) is 5.48. The Bertz CT molecular complexity index is 872. The lowest BCUT2D eigenvalue weighted by molar-refractivity contribution is -0.132. The smallest absolute Gasteiger partial charge is 0.222 e. The molecular weight excluding hydrogens is 379 g/mol. The first-order chi connectivity index (χ1) is 14.2. The van der Waals surface area contributed by atoms with Gasteiger partial charge < -0.3 is 9.80 Å². The zero-order valence-electron chi connectivity index (χ0n) is 18.8. The molecule has 1 aliphatic rings. The highest BCUT2D eigenvalue weighted by Gasteiger charge is 2.26. The molecule has 6 heteroatoms. The first kappa shape index (κ1) is 22.2. The molecule has 0 spiro atoms. The molecule has 162 valence electrons. The van der Waals surface area contributed by atoms with E-state index in [4.69, 9.17) is 9.97 Å². The fourth-order valence-electron chi connectivity index (χ4n) is 3.96. The number of aryl methyl sites for hydroxylation is 1. The highest BCUT2D eigenvalue weighted by molar-refractivity contribution is 5.76. The van der Waals surface area contributed by atoms with Crippen molar-refractivity contribution in [2.75, 3.05) is 31.1 Å². The van der Waals surface area contributed by atoms with Gasteiger partial charge in [0.15, 0.2) is 0 Å². The van der Waals surface area contributed by atoms with E-state index in [0.29, 0.717) is 31.8 Å². The molecule has 0 N–H and O–H groups in total. The Labute approximate surface area is 179 Å². The summed E-state index contributed by atoms with van der Waals surface area (Å²) in [6.07, 6.45) is 1.26. The van der Waals surface area contributed by atoms with Crippen LogP contribution in [0.4, 0.5) is 10.2 Å². The van der Waals surface area contributed by atoms with Gasteiger partial charge in [-0.05, 0) is 36.5 Å². The predicted octanol–water partition coefficient (Wildman–Crippen LogP) is 4.33. The monoisotopic (exact) mass is 412 g/mol. The van der Waals surface area contributed by atoms with Gasteiger partial charge in [-0.1, -0.05) is 39.8 Å². The summed E-state index contributed by atoms with van der Waals surface area (Å²) in [6.45, 7) is 13.3. The minimum Gasteiger partial charge on any atom is -0.353 e. The number of piperazine rings is 1. The summed E-state index contributed by atoms with van der Waals surface area (Å²) < 4.78 is 13.4. The van der Waals surface area contributed by atoms with Gasteiger partial charge in [0.1, 0.15) is 17.5 Å². The fraction of sp³-hybridized carbons (Fsp3) is 0.542. The maximum absolute atomic E-state index is 13.4. The molecule has 30 heavy (non-hydrogen) atoms. The average Bonchev–Trinajstić information content (AvgIpc) is 2.70. The SMILES string of the molecule is Cc1nc(C(C)C)c(Cc2ccc(F)cc2)c(N2CCN(C(=O)CC(C)C)CC2)n1. The van der Waals surface area contributed by atoms with Crippen molar-refractivity contribution in [2.45, 2.75) is 53.4 Å². The summed E-state index contributed by atoms with van der Waals surface area (Å²) in [6, 6.07) is 6.65. The Balaban J connectivity index is 1.87. The quantitative estimate of drug-likeness (QED) is 0.708. The number of carbonyl (C=O) groups excluding carboxylic acids is 1. The van der Waals surface area contributed by atoms with E-state index in [9.17, 15) is 9.18 Å². The first-order valence-electron chi connectivity index (χ1n) is 10.9. The van der Waals surface area contributed by atoms with Crippen LogP contribution in [0.5, 0.6) is 0 Å². The second kappa shape index (κ2) is 9.54. The van der Waals surface area contributed by atoms with Crippen molar-refractivity contribution in [2.24, 2.45) is 5.92 Å². The third-order valence-corrected chi connectivity index (χ3v) is 5.48. The summed E-state index contributed by atoms with van der Waals surface area (Å²) in [5, 5.41) is 0. The lowest BCUT2D eigenvalue weighted by Crippen LogP contribution is -2.49. The Hall–Kier alpha value is -2.50. The number of halogens is 1. The van der Waals surface area contributed by atoms with Gasteiger partial charge in [0, 0.05) is 44.6 Å². The topological polar surface area (TPSA) is 49.3 Å². The standard InChI is InChI=1S/C24H33FN4O/c1-16(2)14-22(30)28-10-12-29(13-11-28)24-21(15-19-6-8-20(25)9-7-19)23(17(3)4)26-18(5)27-24/h6-9,16-17H,10-15H2,1-5H3. The summed E-state index contributed by atoms with van der Waals surface area (Å²) in [5.74, 6) is 2.34. The summed E-state index contributed by atoms with van der Waals surface area (Å²) in [7, 11) is 0. The van der Waals surface area contributed by atoms with Crippen molar-refractivity contribution in [1.82, 2.24) is 14.9 Å². The van der Waals surface area contributed by atoms with Crippen LogP contribution in [0.1, 0.15) is 62.7 Å². The molecule has 0 aliphatic carbocycles. The maximum Gasteiger partial charge on any atom is 0.222 e. The van der Waals surface area contributed by atoms with Crippen LogP contribution in [0, 0.1) is 18.7 Å². The highest BCUT2D eigenvalue weighted by Crippen LogP contribution is 2.29. The van der Waals surface area contributed by atoms with Crippen molar-refractivity contribution < 1.29 is 9.18 Å². The molecule has 1 aromatic heterocycles. The molecule has 1 fully saturated rings. The zero-order valence-corrected chi connectivity index (χ0v) is 18.8. The number of amides is 1. The zero-order chi connectivity index (χ0) is 21.8. The molecule has 3 rings (SSSR count). The summed E-state index contributed by atoms with van der Waals surface area (Å²) in [5.41, 5.74) is 3.18. The average molecular weight is 413 g/mol. The first-order valence-corrected chi connectivity index (χ1v) is 10.9. The second-order valence-electron chi connectivity index (χ2n) is 8.88. The normalized spacial score (nSPS) is 14.7. The Morgan fingerprint density at radius 3 is 2.23 bits per heavy atom. The van der Waals surface area contributed by atoms with Crippen LogP contribution in [0.25, 0.3) is 0 Å². The molecule has 1 amide bonds. The van der Waals surface area contributed by atoms with Crippen LogP contribution in [0.2, 0.25) is 0 Å². The van der Waals surface area contributed by atoms with Gasteiger partial charge in [-0.2, -0.15) is 0 Å². The van der Waals surface area contributed by atoms with Crippen LogP contribution < -0.4 is 4.90 Å². The Kier molecular flexibility index (Phi) is 7.06. The van der Waals surface area contributed by atoms with Crippen LogP contribution >= 0.6 is 0 Å². The molecule has 0 atom stereocenters. The predicted molar refractivity (Wildman–Crippen MR) is 118 cm³/mol. The molecule has 0 unspecified atom stereocenters. The van der Waals surface area contributed by atoms with Gasteiger partial charge in [0.2, 0.25) is 5.91 Å². The minimum atomic E-state index is -0.231. The summed E-state index contributed by atoms with van der Waals surface area (Å²) in [4.78, 5) is 26.2. The van der Waals surface area contributed by atoms with E-state index in [1.54, 1.807) is 0 Å². The van der Waals surface area contributed by atoms with Gasteiger partial charge in [-0.15, -0.1) is 0 Å². The number of anilines is 1. The molecule has 5 nitrogen and oxygen atoms in total. The van der Waals surface area contributed by atoms with E-state index in [0.717, 1.165) is 41.6 Å². The van der Waals surface area contributed by atoms with E-state index in [2.05, 4.69) is 32.6 Å². The van der Waals surface area contributed by atoms with Crippen LogP contribution in [-0.4, -0.2) is 47.0 Å². The number of benzene rings is 1. The van der Waals surface area contributed by atoms with E-state index in [1.807, 2.05) is 24.0 Å². The molecule has 1 aromatic carbocycles. The number of nitrogens with zero attached hydrogens (tertiary/aromatic N) is 4. The van der Waals surface area contributed by atoms with Gasteiger partial charge in [0.25, 0.3) is 0 Å². The Morgan fingerprint density at radius 1 is 1.03 bits per heavy atom. The number of hydrogen-bond acceptors (Lipinski definition) is 4. The maximum atomic E-state index is 13.4.